The fourth-order valence-electron chi connectivity index (χ4n) is 2.93. The van der Waals surface area contributed by atoms with Crippen LogP contribution in [-0.2, 0) is 11.3 Å². The van der Waals surface area contributed by atoms with Crippen LogP contribution in [0.1, 0.15) is 16.9 Å². The van der Waals surface area contributed by atoms with Crippen molar-refractivity contribution < 1.29 is 14.0 Å². The minimum Gasteiger partial charge on any atom is -0.457 e. The predicted octanol–water partition coefficient (Wildman–Crippen LogP) is 6.25. The second kappa shape index (κ2) is 7.81. The van der Waals surface area contributed by atoms with Crippen LogP contribution in [0.2, 0.25) is 0 Å². The molecule has 4 nitrogen and oxygen atoms in total. The molecule has 1 fully saturated rings. The molecule has 1 aromatic heterocycles. The Morgan fingerprint density at radius 2 is 1.86 bits per heavy atom. The van der Waals surface area contributed by atoms with Crippen molar-refractivity contribution in [1.82, 2.24) is 4.90 Å². The van der Waals surface area contributed by atoms with Gasteiger partial charge in [0.15, 0.2) is 0 Å². The Balaban J connectivity index is 1.56. The van der Waals surface area contributed by atoms with E-state index >= 15 is 0 Å². The van der Waals surface area contributed by atoms with Crippen molar-refractivity contribution in [2.75, 3.05) is 0 Å². The van der Waals surface area contributed by atoms with Gasteiger partial charge in [-0.1, -0.05) is 52.3 Å². The highest BCUT2D eigenvalue weighted by atomic mass is 79.9. The van der Waals surface area contributed by atoms with Crippen molar-refractivity contribution in [3.8, 4) is 11.3 Å². The van der Waals surface area contributed by atoms with E-state index in [1.807, 2.05) is 61.5 Å². The molecular weight excluding hydrogens is 438 g/mol. The maximum absolute atomic E-state index is 12.7. The second-order valence-corrected chi connectivity index (χ2v) is 8.29. The van der Waals surface area contributed by atoms with Gasteiger partial charge in [0.25, 0.3) is 11.1 Å². The quantitative estimate of drug-likeness (QED) is 0.437. The van der Waals surface area contributed by atoms with E-state index in [0.29, 0.717) is 16.4 Å². The molecule has 0 atom stereocenters. The molecule has 0 saturated carbocycles. The van der Waals surface area contributed by atoms with Gasteiger partial charge in [0.2, 0.25) is 0 Å². The van der Waals surface area contributed by atoms with Crippen LogP contribution in [0.25, 0.3) is 17.4 Å². The second-order valence-electron chi connectivity index (χ2n) is 6.44. The van der Waals surface area contributed by atoms with Crippen LogP contribution in [0.4, 0.5) is 4.79 Å². The van der Waals surface area contributed by atoms with Crippen molar-refractivity contribution in [3.05, 3.63) is 86.9 Å². The van der Waals surface area contributed by atoms with Crippen LogP contribution < -0.4 is 0 Å². The van der Waals surface area contributed by atoms with E-state index in [4.69, 9.17) is 4.42 Å². The summed E-state index contributed by atoms with van der Waals surface area (Å²) >= 11 is 4.49. The average Bonchev–Trinajstić information content (AvgIpc) is 3.23. The standard InChI is InChI=1S/C22H16BrNO3S/c1-14-7-9-17(18(23)11-14)19-10-8-16(27-19)12-20-21(25)24(22(26)28-20)13-15-5-3-2-4-6-15/h2-12H,13H2,1H3/b20-12-. The normalized spacial score (nSPS) is 15.6. The highest BCUT2D eigenvalue weighted by molar-refractivity contribution is 9.10. The van der Waals surface area contributed by atoms with Gasteiger partial charge in [0, 0.05) is 16.1 Å². The fourth-order valence-corrected chi connectivity index (χ4v) is 4.43. The van der Waals surface area contributed by atoms with Gasteiger partial charge in [-0.25, -0.2) is 0 Å². The summed E-state index contributed by atoms with van der Waals surface area (Å²) in [5.74, 6) is 0.933. The van der Waals surface area contributed by atoms with Crippen LogP contribution in [0.5, 0.6) is 0 Å². The number of benzene rings is 2. The Hall–Kier alpha value is -2.57. The minimum atomic E-state index is -0.298. The molecule has 0 unspecified atom stereocenters. The number of imide groups is 1. The largest absolute Gasteiger partial charge is 0.457 e. The number of furan rings is 1. The van der Waals surface area contributed by atoms with Crippen LogP contribution in [0.3, 0.4) is 0 Å². The van der Waals surface area contributed by atoms with E-state index in [1.54, 1.807) is 12.1 Å². The lowest BCUT2D eigenvalue weighted by atomic mass is 10.1. The zero-order valence-electron chi connectivity index (χ0n) is 15.0. The lowest BCUT2D eigenvalue weighted by Gasteiger charge is -2.11. The van der Waals surface area contributed by atoms with Gasteiger partial charge in [-0.05, 0) is 54.1 Å². The van der Waals surface area contributed by atoms with E-state index in [-0.39, 0.29) is 17.7 Å². The topological polar surface area (TPSA) is 50.5 Å². The van der Waals surface area contributed by atoms with Crippen LogP contribution in [-0.4, -0.2) is 16.0 Å². The Kier molecular flexibility index (Phi) is 5.24. The molecule has 0 bridgehead atoms. The van der Waals surface area contributed by atoms with Crippen LogP contribution >= 0.6 is 27.7 Å². The van der Waals surface area contributed by atoms with Crippen molar-refractivity contribution >= 4 is 44.9 Å². The molecule has 3 aromatic rings. The molecule has 0 N–H and O–H groups in total. The molecule has 1 aliphatic heterocycles. The molecule has 4 rings (SSSR count). The van der Waals surface area contributed by atoms with Crippen LogP contribution in [0.15, 0.2) is 74.5 Å². The Morgan fingerprint density at radius 1 is 1.07 bits per heavy atom. The Labute approximate surface area is 175 Å². The van der Waals surface area contributed by atoms with Gasteiger partial charge >= 0.3 is 0 Å². The third-order valence-corrected chi connectivity index (χ3v) is 5.91. The average molecular weight is 454 g/mol. The number of aryl methyl sites for hydroxylation is 1. The van der Waals surface area contributed by atoms with Gasteiger partial charge < -0.3 is 4.42 Å². The Morgan fingerprint density at radius 3 is 2.61 bits per heavy atom. The molecule has 140 valence electrons. The molecule has 28 heavy (non-hydrogen) atoms. The van der Waals surface area contributed by atoms with E-state index in [0.717, 1.165) is 32.9 Å². The summed E-state index contributed by atoms with van der Waals surface area (Å²) in [7, 11) is 0. The fraction of sp³-hybridized carbons (Fsp3) is 0.0909. The maximum atomic E-state index is 12.7. The first kappa shape index (κ1) is 18.8. The van der Waals surface area contributed by atoms with Crippen molar-refractivity contribution in [1.29, 1.82) is 0 Å². The van der Waals surface area contributed by atoms with Gasteiger partial charge in [0.1, 0.15) is 11.5 Å². The third kappa shape index (κ3) is 3.84. The van der Waals surface area contributed by atoms with Gasteiger partial charge in [-0.15, -0.1) is 0 Å². The predicted molar refractivity (Wildman–Crippen MR) is 115 cm³/mol. The smallest absolute Gasteiger partial charge is 0.293 e. The van der Waals surface area contributed by atoms with Gasteiger partial charge in [-0.2, -0.15) is 0 Å². The van der Waals surface area contributed by atoms with E-state index < -0.39 is 0 Å². The highest BCUT2D eigenvalue weighted by Crippen LogP contribution is 2.35. The molecule has 2 aromatic carbocycles. The summed E-state index contributed by atoms with van der Waals surface area (Å²) in [6.45, 7) is 2.29. The number of rotatable bonds is 4. The molecule has 1 aliphatic rings. The lowest BCUT2D eigenvalue weighted by molar-refractivity contribution is -0.123. The third-order valence-electron chi connectivity index (χ3n) is 4.35. The number of carbonyl (C=O) groups is 2. The number of hydrogen-bond donors (Lipinski definition) is 0. The molecule has 0 radical (unpaired) electrons. The van der Waals surface area contributed by atoms with Gasteiger partial charge in [-0.3, -0.25) is 14.5 Å². The van der Waals surface area contributed by atoms with Gasteiger partial charge in [0.05, 0.1) is 11.4 Å². The first-order chi connectivity index (χ1) is 13.5. The van der Waals surface area contributed by atoms with Crippen molar-refractivity contribution in [3.63, 3.8) is 0 Å². The van der Waals surface area contributed by atoms with E-state index in [9.17, 15) is 9.59 Å². The summed E-state index contributed by atoms with van der Waals surface area (Å²) in [6, 6.07) is 19.1. The molecular formula is C22H16BrNO3S. The molecule has 2 amide bonds. The molecule has 6 heteroatoms. The molecule has 1 saturated heterocycles. The molecule has 0 aliphatic carbocycles. The maximum Gasteiger partial charge on any atom is 0.293 e. The first-order valence-corrected chi connectivity index (χ1v) is 10.3. The minimum absolute atomic E-state index is 0.266. The lowest BCUT2D eigenvalue weighted by Crippen LogP contribution is -2.27. The number of thioether (sulfide) groups is 1. The van der Waals surface area contributed by atoms with Crippen molar-refractivity contribution in [2.45, 2.75) is 13.5 Å². The number of amides is 2. The van der Waals surface area contributed by atoms with Crippen LogP contribution in [0, 0.1) is 6.92 Å². The number of nitrogens with zero attached hydrogens (tertiary/aromatic N) is 1. The summed E-state index contributed by atoms with van der Waals surface area (Å²) in [5, 5.41) is -0.270. The number of carbonyl (C=O) groups excluding carboxylic acids is 2. The summed E-state index contributed by atoms with van der Waals surface area (Å²) in [5.41, 5.74) is 2.99. The zero-order valence-corrected chi connectivity index (χ0v) is 17.4. The summed E-state index contributed by atoms with van der Waals surface area (Å²) in [4.78, 5) is 26.6. The Bertz CT molecular complexity index is 1090. The number of hydrogen-bond acceptors (Lipinski definition) is 4. The van der Waals surface area contributed by atoms with E-state index in [1.165, 1.54) is 4.90 Å². The monoisotopic (exact) mass is 453 g/mol. The summed E-state index contributed by atoms with van der Waals surface area (Å²) in [6.07, 6.45) is 1.63. The molecule has 0 spiro atoms. The summed E-state index contributed by atoms with van der Waals surface area (Å²) < 4.78 is 6.83. The highest BCUT2D eigenvalue weighted by Gasteiger charge is 2.35. The SMILES string of the molecule is Cc1ccc(-c2ccc(/C=C3\SC(=O)N(Cc4ccccc4)C3=O)o2)c(Br)c1. The molecule has 2 heterocycles. The number of halogens is 1. The van der Waals surface area contributed by atoms with Crippen molar-refractivity contribution in [2.24, 2.45) is 0 Å². The van der Waals surface area contributed by atoms with E-state index in [2.05, 4.69) is 15.9 Å². The zero-order chi connectivity index (χ0) is 19.7. The first-order valence-electron chi connectivity index (χ1n) is 8.67.